The van der Waals surface area contributed by atoms with E-state index in [0.29, 0.717) is 0 Å². The average molecular weight is 272 g/mol. The summed E-state index contributed by atoms with van der Waals surface area (Å²) in [4.78, 5) is 11.0. The maximum absolute atomic E-state index is 11.9. The van der Waals surface area contributed by atoms with Crippen LogP contribution in [0, 0.1) is 5.41 Å². The molecule has 0 aliphatic heterocycles. The Morgan fingerprint density at radius 1 is 1.44 bits per heavy atom. The summed E-state index contributed by atoms with van der Waals surface area (Å²) in [5, 5.41) is 9.23. The largest absolute Gasteiger partial charge is 0.508 e. The summed E-state index contributed by atoms with van der Waals surface area (Å²) in [6, 6.07) is 5.26. The first-order chi connectivity index (χ1) is 8.15. The number of hydrogen-bond donors (Lipinski definition) is 3. The van der Waals surface area contributed by atoms with Gasteiger partial charge < -0.3 is 10.8 Å². The Labute approximate surface area is 106 Å². The highest BCUT2D eigenvalue weighted by atomic mass is 32.2. The van der Waals surface area contributed by atoms with Crippen LogP contribution in [-0.4, -0.2) is 26.0 Å². The van der Waals surface area contributed by atoms with Gasteiger partial charge in [0.05, 0.1) is 10.3 Å². The summed E-state index contributed by atoms with van der Waals surface area (Å²) in [5.41, 5.74) is 4.17. The second kappa shape index (κ2) is 4.95. The van der Waals surface area contributed by atoms with Gasteiger partial charge in [0, 0.05) is 6.54 Å². The number of sulfonamides is 1. The highest BCUT2D eigenvalue weighted by Gasteiger charge is 2.27. The first-order valence-corrected chi connectivity index (χ1v) is 6.72. The van der Waals surface area contributed by atoms with Crippen LogP contribution in [-0.2, 0) is 14.8 Å². The number of phenols is 1. The minimum absolute atomic E-state index is 0.0669. The molecule has 1 rings (SSSR count). The summed E-state index contributed by atoms with van der Waals surface area (Å²) in [6.07, 6.45) is 0. The highest BCUT2D eigenvalue weighted by molar-refractivity contribution is 7.89. The summed E-state index contributed by atoms with van der Waals surface area (Å²) >= 11 is 0. The van der Waals surface area contributed by atoms with Crippen LogP contribution in [0.3, 0.4) is 0 Å². The maximum atomic E-state index is 11.9. The number of carbonyl (C=O) groups excluding carboxylic acids is 1. The zero-order valence-electron chi connectivity index (χ0n) is 10.2. The summed E-state index contributed by atoms with van der Waals surface area (Å²) in [5.74, 6) is -0.742. The topological polar surface area (TPSA) is 109 Å². The fourth-order valence-electron chi connectivity index (χ4n) is 1.10. The number of hydrogen-bond acceptors (Lipinski definition) is 4. The molecule has 0 saturated heterocycles. The molecule has 0 bridgehead atoms. The number of rotatable bonds is 5. The van der Waals surface area contributed by atoms with Crippen molar-refractivity contribution in [2.75, 3.05) is 6.54 Å². The molecule has 100 valence electrons. The lowest BCUT2D eigenvalue weighted by atomic mass is 9.93. The van der Waals surface area contributed by atoms with E-state index in [2.05, 4.69) is 4.72 Å². The third-order valence-corrected chi connectivity index (χ3v) is 3.90. The van der Waals surface area contributed by atoms with E-state index in [1.807, 2.05) is 0 Å². The molecular weight excluding hydrogens is 256 g/mol. The zero-order chi connectivity index (χ0) is 14.0. The molecule has 0 heterocycles. The molecule has 0 aromatic heterocycles. The molecule has 1 aromatic rings. The van der Waals surface area contributed by atoms with Crippen molar-refractivity contribution in [1.82, 2.24) is 4.72 Å². The Morgan fingerprint density at radius 2 is 2.06 bits per heavy atom. The standard InChI is InChI=1S/C11H16N2O4S/c1-11(2,10(12)15)7-13-18(16,17)9-5-3-4-8(14)6-9/h3-6,13-14H,7H2,1-2H3,(H2,12,15). The molecule has 0 fully saturated rings. The molecule has 7 heteroatoms. The van der Waals surface area contributed by atoms with Gasteiger partial charge in [-0.05, 0) is 32.0 Å². The van der Waals surface area contributed by atoms with Crippen LogP contribution in [0.4, 0.5) is 0 Å². The number of phenolic OH excluding ortho intramolecular Hbond substituents is 1. The van der Waals surface area contributed by atoms with Crippen molar-refractivity contribution in [3.63, 3.8) is 0 Å². The van der Waals surface area contributed by atoms with Gasteiger partial charge in [0.2, 0.25) is 15.9 Å². The molecule has 0 aliphatic rings. The zero-order valence-corrected chi connectivity index (χ0v) is 11.0. The van der Waals surface area contributed by atoms with Crippen LogP contribution in [0.5, 0.6) is 5.75 Å². The minimum Gasteiger partial charge on any atom is -0.508 e. The van der Waals surface area contributed by atoms with E-state index in [1.165, 1.54) is 18.2 Å². The normalized spacial score (nSPS) is 12.3. The lowest BCUT2D eigenvalue weighted by molar-refractivity contribution is -0.125. The Kier molecular flexibility index (Phi) is 3.98. The Bertz CT molecular complexity index is 552. The number of aromatic hydroxyl groups is 1. The molecular formula is C11H16N2O4S. The van der Waals surface area contributed by atoms with E-state index < -0.39 is 21.3 Å². The van der Waals surface area contributed by atoms with Crippen molar-refractivity contribution in [3.05, 3.63) is 24.3 Å². The fourth-order valence-corrected chi connectivity index (χ4v) is 2.35. The number of nitrogens with one attached hydrogen (secondary N) is 1. The molecule has 0 unspecified atom stereocenters. The van der Waals surface area contributed by atoms with Crippen LogP contribution < -0.4 is 10.5 Å². The van der Waals surface area contributed by atoms with Gasteiger partial charge in [-0.25, -0.2) is 13.1 Å². The van der Waals surface area contributed by atoms with E-state index in [9.17, 15) is 18.3 Å². The van der Waals surface area contributed by atoms with E-state index in [4.69, 9.17) is 5.73 Å². The van der Waals surface area contributed by atoms with Gasteiger partial charge in [-0.2, -0.15) is 0 Å². The van der Waals surface area contributed by atoms with Crippen molar-refractivity contribution in [2.45, 2.75) is 18.7 Å². The van der Waals surface area contributed by atoms with Crippen molar-refractivity contribution >= 4 is 15.9 Å². The van der Waals surface area contributed by atoms with Gasteiger partial charge in [0.1, 0.15) is 5.75 Å². The predicted octanol–water partition coefficient (Wildman–Crippen LogP) is 0.182. The molecule has 0 atom stereocenters. The summed E-state index contributed by atoms with van der Waals surface area (Å²) in [7, 11) is -3.77. The lowest BCUT2D eigenvalue weighted by Crippen LogP contribution is -2.42. The summed E-state index contributed by atoms with van der Waals surface area (Å²) in [6.45, 7) is 2.97. The third kappa shape index (κ3) is 3.44. The first-order valence-electron chi connectivity index (χ1n) is 5.24. The smallest absolute Gasteiger partial charge is 0.240 e. The van der Waals surface area contributed by atoms with Crippen molar-refractivity contribution in [1.29, 1.82) is 0 Å². The van der Waals surface area contributed by atoms with Crippen LogP contribution in [0.15, 0.2) is 29.2 Å². The van der Waals surface area contributed by atoms with E-state index in [0.717, 1.165) is 6.07 Å². The predicted molar refractivity (Wildman–Crippen MR) is 66.3 cm³/mol. The van der Waals surface area contributed by atoms with E-state index >= 15 is 0 Å². The van der Waals surface area contributed by atoms with Crippen molar-refractivity contribution < 1.29 is 18.3 Å². The van der Waals surface area contributed by atoms with Crippen LogP contribution in [0.25, 0.3) is 0 Å². The van der Waals surface area contributed by atoms with Gasteiger partial charge >= 0.3 is 0 Å². The number of amides is 1. The average Bonchev–Trinajstić information content (AvgIpc) is 2.26. The van der Waals surface area contributed by atoms with Crippen molar-refractivity contribution in [3.8, 4) is 5.75 Å². The number of nitrogens with two attached hydrogens (primary N) is 1. The van der Waals surface area contributed by atoms with Gasteiger partial charge in [-0.3, -0.25) is 4.79 Å². The molecule has 6 nitrogen and oxygen atoms in total. The van der Waals surface area contributed by atoms with E-state index in [1.54, 1.807) is 13.8 Å². The Hall–Kier alpha value is -1.60. The Balaban J connectivity index is 2.87. The molecule has 0 aliphatic carbocycles. The van der Waals surface area contributed by atoms with Crippen LogP contribution in [0.2, 0.25) is 0 Å². The molecule has 4 N–H and O–H groups in total. The summed E-state index contributed by atoms with van der Waals surface area (Å²) < 4.78 is 26.0. The van der Waals surface area contributed by atoms with Gasteiger partial charge in [0.15, 0.2) is 0 Å². The molecule has 1 amide bonds. The molecule has 18 heavy (non-hydrogen) atoms. The third-order valence-electron chi connectivity index (χ3n) is 2.50. The number of carbonyl (C=O) groups is 1. The number of primary amides is 1. The van der Waals surface area contributed by atoms with Crippen LogP contribution >= 0.6 is 0 Å². The van der Waals surface area contributed by atoms with Gasteiger partial charge in [-0.1, -0.05) is 6.07 Å². The minimum atomic E-state index is -3.77. The quantitative estimate of drug-likeness (QED) is 0.710. The highest BCUT2D eigenvalue weighted by Crippen LogP contribution is 2.18. The monoisotopic (exact) mass is 272 g/mol. The van der Waals surface area contributed by atoms with Gasteiger partial charge in [0.25, 0.3) is 0 Å². The van der Waals surface area contributed by atoms with Crippen LogP contribution in [0.1, 0.15) is 13.8 Å². The molecule has 0 spiro atoms. The van der Waals surface area contributed by atoms with E-state index in [-0.39, 0.29) is 17.2 Å². The van der Waals surface area contributed by atoms with Crippen molar-refractivity contribution in [2.24, 2.45) is 11.1 Å². The second-order valence-corrected chi connectivity index (χ2v) is 6.34. The molecule has 0 saturated carbocycles. The first kappa shape index (κ1) is 14.5. The Morgan fingerprint density at radius 3 is 2.56 bits per heavy atom. The fraction of sp³-hybridized carbons (Fsp3) is 0.364. The maximum Gasteiger partial charge on any atom is 0.240 e. The number of benzene rings is 1. The second-order valence-electron chi connectivity index (χ2n) is 4.57. The molecule has 0 radical (unpaired) electrons. The lowest BCUT2D eigenvalue weighted by Gasteiger charge is -2.20. The van der Waals surface area contributed by atoms with Gasteiger partial charge in [-0.15, -0.1) is 0 Å². The molecule has 1 aromatic carbocycles. The SMILES string of the molecule is CC(C)(CNS(=O)(=O)c1cccc(O)c1)C(N)=O.